The summed E-state index contributed by atoms with van der Waals surface area (Å²) in [5, 5.41) is 0.476. The van der Waals surface area contributed by atoms with Gasteiger partial charge in [0.1, 0.15) is 5.03 Å². The van der Waals surface area contributed by atoms with Crippen LogP contribution in [0.4, 0.5) is 0 Å². The fourth-order valence-electron chi connectivity index (χ4n) is 2.71. The second kappa shape index (κ2) is 4.65. The van der Waals surface area contributed by atoms with Crippen molar-refractivity contribution in [3.8, 4) is 0 Å². The summed E-state index contributed by atoms with van der Waals surface area (Å²) in [6.07, 6.45) is 1.81. The summed E-state index contributed by atoms with van der Waals surface area (Å²) in [5.74, 6) is 0. The lowest BCUT2D eigenvalue weighted by molar-refractivity contribution is 0.172. The van der Waals surface area contributed by atoms with Gasteiger partial charge in [0.05, 0.1) is 4.90 Å². The van der Waals surface area contributed by atoms with Crippen LogP contribution in [0.1, 0.15) is 12.5 Å². The average Bonchev–Trinajstić information content (AvgIpc) is 2.71. The van der Waals surface area contributed by atoms with Gasteiger partial charge < -0.3 is 9.80 Å². The molecule has 0 N–H and O–H groups in total. The molecule has 4 nitrogen and oxygen atoms in total. The molecule has 2 heterocycles. The van der Waals surface area contributed by atoms with Gasteiger partial charge in [-0.15, -0.1) is 0 Å². The predicted molar refractivity (Wildman–Crippen MR) is 75.3 cm³/mol. The minimum atomic E-state index is -3.30. The van der Waals surface area contributed by atoms with Gasteiger partial charge in [0.25, 0.3) is 0 Å². The quantitative estimate of drug-likeness (QED) is 0.820. The van der Waals surface area contributed by atoms with Crippen LogP contribution in [0.25, 0.3) is 6.08 Å². The first-order chi connectivity index (χ1) is 9.13. The summed E-state index contributed by atoms with van der Waals surface area (Å²) in [4.78, 5) is 4.79. The van der Waals surface area contributed by atoms with Gasteiger partial charge in [-0.3, -0.25) is 0 Å². The molecule has 0 amide bonds. The van der Waals surface area contributed by atoms with Gasteiger partial charge in [-0.2, -0.15) is 0 Å². The first kappa shape index (κ1) is 12.7. The Morgan fingerprint density at radius 1 is 1.11 bits per heavy atom. The molecule has 2 aliphatic heterocycles. The topological polar surface area (TPSA) is 40.6 Å². The van der Waals surface area contributed by atoms with Gasteiger partial charge in [-0.25, -0.2) is 8.42 Å². The highest BCUT2D eigenvalue weighted by Gasteiger charge is 2.34. The predicted octanol–water partition coefficient (Wildman–Crippen LogP) is 1.41. The van der Waals surface area contributed by atoms with E-state index in [1.165, 1.54) is 0 Å². The number of rotatable bonds is 2. The summed E-state index contributed by atoms with van der Waals surface area (Å²) < 4.78 is 25.0. The molecule has 1 fully saturated rings. The molecule has 0 spiro atoms. The van der Waals surface area contributed by atoms with Crippen LogP contribution in [0, 0.1) is 0 Å². The van der Waals surface area contributed by atoms with Gasteiger partial charge in [0.15, 0.2) is 0 Å². The zero-order chi connectivity index (χ0) is 13.5. The number of hydrogen-bond donors (Lipinski definition) is 0. The van der Waals surface area contributed by atoms with Crippen molar-refractivity contribution in [2.45, 2.75) is 11.8 Å². The van der Waals surface area contributed by atoms with E-state index in [1.807, 2.05) is 23.1 Å². The summed E-state index contributed by atoms with van der Waals surface area (Å²) in [6.45, 7) is 6.59. The molecular weight excluding hydrogens is 260 g/mol. The molecule has 5 heteroatoms. The molecule has 19 heavy (non-hydrogen) atoms. The molecule has 0 atom stereocenters. The number of sulfone groups is 1. The van der Waals surface area contributed by atoms with Crippen LogP contribution in [0.3, 0.4) is 0 Å². The SMILES string of the molecule is CCN1CCN(C2=Cc3ccccc3S2(=O)=O)CC1. The Balaban J connectivity index is 1.88. The smallest absolute Gasteiger partial charge is 0.222 e. The number of fused-ring (bicyclic) bond motifs is 1. The number of benzene rings is 1. The first-order valence-corrected chi connectivity index (χ1v) is 8.14. The van der Waals surface area contributed by atoms with Crippen LogP contribution in [0.5, 0.6) is 0 Å². The van der Waals surface area contributed by atoms with E-state index in [-0.39, 0.29) is 0 Å². The van der Waals surface area contributed by atoms with Crippen molar-refractivity contribution >= 4 is 15.9 Å². The van der Waals surface area contributed by atoms with E-state index in [4.69, 9.17) is 0 Å². The van der Waals surface area contributed by atoms with E-state index in [0.29, 0.717) is 9.92 Å². The van der Waals surface area contributed by atoms with Crippen LogP contribution < -0.4 is 0 Å². The van der Waals surface area contributed by atoms with Crippen molar-refractivity contribution in [2.75, 3.05) is 32.7 Å². The fraction of sp³-hybridized carbons (Fsp3) is 0.429. The lowest BCUT2D eigenvalue weighted by Gasteiger charge is -2.35. The molecule has 0 radical (unpaired) electrons. The highest BCUT2D eigenvalue weighted by Crippen LogP contribution is 2.34. The third kappa shape index (κ3) is 2.07. The molecule has 1 saturated heterocycles. The second-order valence-corrected chi connectivity index (χ2v) is 6.81. The maximum Gasteiger partial charge on any atom is 0.222 e. The standard InChI is InChI=1S/C14H18N2O2S/c1-2-15-7-9-16(10-8-15)14-11-12-5-3-4-6-13(12)19(14,17)18/h3-6,11H,2,7-10H2,1H3. The Morgan fingerprint density at radius 2 is 1.79 bits per heavy atom. The number of piperazine rings is 1. The van der Waals surface area contributed by atoms with Gasteiger partial charge in [0.2, 0.25) is 9.84 Å². The van der Waals surface area contributed by atoms with Crippen LogP contribution in [-0.2, 0) is 9.84 Å². The Morgan fingerprint density at radius 3 is 2.42 bits per heavy atom. The number of nitrogens with zero attached hydrogens (tertiary/aromatic N) is 2. The van der Waals surface area contributed by atoms with Crippen LogP contribution >= 0.6 is 0 Å². The maximum absolute atomic E-state index is 12.5. The number of hydrogen-bond acceptors (Lipinski definition) is 4. The van der Waals surface area contributed by atoms with Gasteiger partial charge in [0, 0.05) is 26.2 Å². The van der Waals surface area contributed by atoms with Crippen molar-refractivity contribution in [3.05, 3.63) is 34.9 Å². The molecule has 1 aromatic carbocycles. The average molecular weight is 278 g/mol. The van der Waals surface area contributed by atoms with Crippen molar-refractivity contribution in [2.24, 2.45) is 0 Å². The Bertz CT molecular complexity index is 614. The molecule has 0 unspecified atom stereocenters. The van der Waals surface area contributed by atoms with E-state index < -0.39 is 9.84 Å². The summed E-state index contributed by atoms with van der Waals surface area (Å²) in [6, 6.07) is 7.21. The molecule has 2 aliphatic rings. The van der Waals surface area contributed by atoms with E-state index in [2.05, 4.69) is 11.8 Å². The lowest BCUT2D eigenvalue weighted by Crippen LogP contribution is -2.46. The highest BCUT2D eigenvalue weighted by atomic mass is 32.2. The van der Waals surface area contributed by atoms with E-state index in [1.54, 1.807) is 12.1 Å². The van der Waals surface area contributed by atoms with E-state index in [0.717, 1.165) is 38.3 Å². The largest absolute Gasteiger partial charge is 0.359 e. The van der Waals surface area contributed by atoms with E-state index >= 15 is 0 Å². The van der Waals surface area contributed by atoms with Crippen LogP contribution in [0.15, 0.2) is 34.2 Å². The highest BCUT2D eigenvalue weighted by molar-refractivity contribution is 7.95. The Hall–Kier alpha value is -1.33. The van der Waals surface area contributed by atoms with Crippen LogP contribution in [-0.4, -0.2) is 50.9 Å². The van der Waals surface area contributed by atoms with Gasteiger partial charge >= 0.3 is 0 Å². The molecule has 0 bridgehead atoms. The van der Waals surface area contributed by atoms with Crippen LogP contribution in [0.2, 0.25) is 0 Å². The molecule has 1 aromatic rings. The third-order valence-electron chi connectivity index (χ3n) is 3.89. The molecular formula is C14H18N2O2S. The third-order valence-corrected chi connectivity index (χ3v) is 5.77. The van der Waals surface area contributed by atoms with Gasteiger partial charge in [-0.1, -0.05) is 25.1 Å². The minimum Gasteiger partial charge on any atom is -0.359 e. The maximum atomic E-state index is 12.5. The van der Waals surface area contributed by atoms with Gasteiger partial charge in [-0.05, 0) is 24.3 Å². The Labute approximate surface area is 114 Å². The molecule has 3 rings (SSSR count). The van der Waals surface area contributed by atoms with Crippen molar-refractivity contribution in [1.29, 1.82) is 0 Å². The lowest BCUT2D eigenvalue weighted by atomic mass is 10.2. The summed E-state index contributed by atoms with van der Waals surface area (Å²) >= 11 is 0. The fourth-order valence-corrected chi connectivity index (χ4v) is 4.44. The zero-order valence-corrected chi connectivity index (χ0v) is 11.9. The number of likely N-dealkylation sites (N-methyl/N-ethyl adjacent to an activating group) is 1. The molecule has 0 aliphatic carbocycles. The zero-order valence-electron chi connectivity index (χ0n) is 11.0. The molecule has 0 saturated carbocycles. The monoisotopic (exact) mass is 278 g/mol. The minimum absolute atomic E-state index is 0.447. The first-order valence-electron chi connectivity index (χ1n) is 6.66. The molecule has 102 valence electrons. The molecule has 0 aromatic heterocycles. The van der Waals surface area contributed by atoms with Crippen molar-refractivity contribution in [3.63, 3.8) is 0 Å². The summed E-state index contributed by atoms with van der Waals surface area (Å²) in [5.41, 5.74) is 0.815. The second-order valence-electron chi connectivity index (χ2n) is 4.95. The van der Waals surface area contributed by atoms with Crippen molar-refractivity contribution in [1.82, 2.24) is 9.80 Å². The van der Waals surface area contributed by atoms with Crippen molar-refractivity contribution < 1.29 is 8.42 Å². The normalized spacial score (nSPS) is 22.2. The Kier molecular flexibility index (Phi) is 3.11. The summed E-state index contributed by atoms with van der Waals surface area (Å²) in [7, 11) is -3.30. The van der Waals surface area contributed by atoms with E-state index in [9.17, 15) is 8.42 Å².